The molecule has 0 aliphatic rings. The van der Waals surface area contributed by atoms with Crippen molar-refractivity contribution in [3.05, 3.63) is 35.9 Å². The van der Waals surface area contributed by atoms with Gasteiger partial charge in [0.25, 0.3) is 0 Å². The first-order chi connectivity index (χ1) is 8.61. The second-order valence-electron chi connectivity index (χ2n) is 3.93. The van der Waals surface area contributed by atoms with E-state index in [2.05, 4.69) is 9.97 Å². The van der Waals surface area contributed by atoms with Crippen molar-refractivity contribution in [1.29, 1.82) is 0 Å². The molecule has 94 valence electrons. The van der Waals surface area contributed by atoms with Gasteiger partial charge in [-0.1, -0.05) is 0 Å². The van der Waals surface area contributed by atoms with Crippen LogP contribution in [-0.2, 0) is 11.8 Å². The Hall–Kier alpha value is -2.17. The van der Waals surface area contributed by atoms with Gasteiger partial charge in [0.2, 0.25) is 0 Å². The highest BCUT2D eigenvalue weighted by molar-refractivity contribution is 5.90. The molecule has 0 spiro atoms. The van der Waals surface area contributed by atoms with Crippen LogP contribution in [0, 0.1) is 6.92 Å². The third-order valence-electron chi connectivity index (χ3n) is 2.55. The molecule has 0 radical (unpaired) electrons. The van der Waals surface area contributed by atoms with E-state index in [0.717, 1.165) is 11.4 Å². The minimum absolute atomic E-state index is 0.315. The predicted molar refractivity (Wildman–Crippen MR) is 67.1 cm³/mol. The van der Waals surface area contributed by atoms with E-state index in [1.807, 2.05) is 24.6 Å². The Labute approximate surface area is 105 Å². The fraction of sp³-hybridized carbons (Fsp3) is 0.308. The van der Waals surface area contributed by atoms with Gasteiger partial charge in [-0.3, -0.25) is 0 Å². The van der Waals surface area contributed by atoms with Crippen molar-refractivity contribution in [2.24, 2.45) is 7.05 Å². The molecule has 0 fully saturated rings. The SMILES string of the molecule is CCOC(=O)c1cc(-c2ccnc(C)n2)n(C)c1. The van der Waals surface area contributed by atoms with Gasteiger partial charge in [-0.15, -0.1) is 0 Å². The summed E-state index contributed by atoms with van der Waals surface area (Å²) < 4.78 is 6.83. The minimum Gasteiger partial charge on any atom is -0.462 e. The third kappa shape index (κ3) is 2.40. The Morgan fingerprint density at radius 2 is 2.28 bits per heavy atom. The van der Waals surface area contributed by atoms with Crippen molar-refractivity contribution >= 4 is 5.97 Å². The molecule has 2 aromatic heterocycles. The Morgan fingerprint density at radius 3 is 2.94 bits per heavy atom. The largest absolute Gasteiger partial charge is 0.462 e. The summed E-state index contributed by atoms with van der Waals surface area (Å²) in [5.74, 6) is 0.386. The second-order valence-corrected chi connectivity index (χ2v) is 3.93. The molecule has 0 aliphatic heterocycles. The molecule has 2 rings (SSSR count). The fourth-order valence-corrected chi connectivity index (χ4v) is 1.74. The Kier molecular flexibility index (Phi) is 3.41. The molecule has 0 amide bonds. The van der Waals surface area contributed by atoms with Gasteiger partial charge in [0, 0.05) is 19.4 Å². The number of aromatic nitrogens is 3. The second kappa shape index (κ2) is 5.00. The van der Waals surface area contributed by atoms with E-state index < -0.39 is 0 Å². The van der Waals surface area contributed by atoms with Crippen LogP contribution in [0.4, 0.5) is 0 Å². The summed E-state index contributed by atoms with van der Waals surface area (Å²) in [6.45, 7) is 3.99. The van der Waals surface area contributed by atoms with Gasteiger partial charge in [0.15, 0.2) is 0 Å². The van der Waals surface area contributed by atoms with Crippen LogP contribution < -0.4 is 0 Å². The number of carbonyl (C=O) groups is 1. The standard InChI is InChI=1S/C13H15N3O2/c1-4-18-13(17)10-7-12(16(3)8-10)11-5-6-14-9(2)15-11/h5-8H,4H2,1-3H3. The van der Waals surface area contributed by atoms with Crippen molar-refractivity contribution in [1.82, 2.24) is 14.5 Å². The molecular weight excluding hydrogens is 230 g/mol. The van der Waals surface area contributed by atoms with Crippen LogP contribution in [0.15, 0.2) is 24.5 Å². The lowest BCUT2D eigenvalue weighted by molar-refractivity contribution is 0.0526. The molecule has 0 atom stereocenters. The Balaban J connectivity index is 2.38. The smallest absolute Gasteiger partial charge is 0.339 e. The van der Waals surface area contributed by atoms with Gasteiger partial charge >= 0.3 is 5.97 Å². The van der Waals surface area contributed by atoms with E-state index in [1.165, 1.54) is 0 Å². The zero-order valence-electron chi connectivity index (χ0n) is 10.7. The number of aryl methyl sites for hydroxylation is 2. The van der Waals surface area contributed by atoms with Crippen LogP contribution in [0.1, 0.15) is 23.1 Å². The van der Waals surface area contributed by atoms with E-state index in [4.69, 9.17) is 4.74 Å². The number of hydrogen-bond donors (Lipinski definition) is 0. The van der Waals surface area contributed by atoms with E-state index >= 15 is 0 Å². The van der Waals surface area contributed by atoms with E-state index in [-0.39, 0.29) is 5.97 Å². The summed E-state index contributed by atoms with van der Waals surface area (Å²) in [5.41, 5.74) is 2.19. The highest BCUT2D eigenvalue weighted by Crippen LogP contribution is 2.19. The van der Waals surface area contributed by atoms with Crippen molar-refractivity contribution in [2.75, 3.05) is 6.61 Å². The average Bonchev–Trinajstić information content (AvgIpc) is 2.72. The Morgan fingerprint density at radius 1 is 1.50 bits per heavy atom. The van der Waals surface area contributed by atoms with Crippen molar-refractivity contribution in [3.8, 4) is 11.4 Å². The third-order valence-corrected chi connectivity index (χ3v) is 2.55. The molecule has 5 nitrogen and oxygen atoms in total. The van der Waals surface area contributed by atoms with Gasteiger partial charge in [0.05, 0.1) is 23.6 Å². The lowest BCUT2D eigenvalue weighted by Gasteiger charge is -2.01. The number of nitrogens with zero attached hydrogens (tertiary/aromatic N) is 3. The maximum atomic E-state index is 11.6. The summed E-state index contributed by atoms with van der Waals surface area (Å²) >= 11 is 0. The van der Waals surface area contributed by atoms with Crippen molar-refractivity contribution < 1.29 is 9.53 Å². The zero-order chi connectivity index (χ0) is 13.1. The Bertz CT molecular complexity index is 575. The molecule has 18 heavy (non-hydrogen) atoms. The van der Waals surface area contributed by atoms with Crippen LogP contribution in [0.25, 0.3) is 11.4 Å². The summed E-state index contributed by atoms with van der Waals surface area (Å²) in [4.78, 5) is 20.0. The molecule has 5 heteroatoms. The summed E-state index contributed by atoms with van der Waals surface area (Å²) in [6, 6.07) is 3.59. The van der Waals surface area contributed by atoms with E-state index in [9.17, 15) is 4.79 Å². The lowest BCUT2D eigenvalue weighted by atomic mass is 10.2. The van der Waals surface area contributed by atoms with Gasteiger partial charge in [-0.05, 0) is 26.0 Å². The van der Waals surface area contributed by atoms with Crippen molar-refractivity contribution in [2.45, 2.75) is 13.8 Å². The highest BCUT2D eigenvalue weighted by atomic mass is 16.5. The number of hydrogen-bond acceptors (Lipinski definition) is 4. The molecule has 2 aromatic rings. The molecule has 0 saturated carbocycles. The lowest BCUT2D eigenvalue weighted by Crippen LogP contribution is -2.02. The van der Waals surface area contributed by atoms with Crippen LogP contribution in [0.3, 0.4) is 0 Å². The summed E-state index contributed by atoms with van der Waals surface area (Å²) in [7, 11) is 1.87. The molecule has 2 heterocycles. The fourth-order valence-electron chi connectivity index (χ4n) is 1.74. The number of rotatable bonds is 3. The molecule has 0 unspecified atom stereocenters. The zero-order valence-corrected chi connectivity index (χ0v) is 10.7. The van der Waals surface area contributed by atoms with Crippen LogP contribution in [0.5, 0.6) is 0 Å². The first-order valence-corrected chi connectivity index (χ1v) is 5.75. The number of esters is 1. The average molecular weight is 245 g/mol. The van der Waals surface area contributed by atoms with Crippen LogP contribution in [0.2, 0.25) is 0 Å². The first kappa shape index (κ1) is 12.3. The monoisotopic (exact) mass is 245 g/mol. The molecular formula is C13H15N3O2. The molecule has 0 saturated heterocycles. The van der Waals surface area contributed by atoms with Gasteiger partial charge in [0.1, 0.15) is 5.82 Å². The first-order valence-electron chi connectivity index (χ1n) is 5.75. The summed E-state index contributed by atoms with van der Waals surface area (Å²) in [5, 5.41) is 0. The van der Waals surface area contributed by atoms with Crippen molar-refractivity contribution in [3.63, 3.8) is 0 Å². The maximum Gasteiger partial charge on any atom is 0.339 e. The topological polar surface area (TPSA) is 57.0 Å². The normalized spacial score (nSPS) is 10.4. The van der Waals surface area contributed by atoms with E-state index in [1.54, 1.807) is 25.4 Å². The van der Waals surface area contributed by atoms with Crippen LogP contribution >= 0.6 is 0 Å². The van der Waals surface area contributed by atoms with Crippen LogP contribution in [-0.4, -0.2) is 27.1 Å². The molecule has 0 N–H and O–H groups in total. The number of ether oxygens (including phenoxy) is 1. The molecule has 0 aliphatic carbocycles. The molecule has 0 bridgehead atoms. The quantitative estimate of drug-likeness (QED) is 0.776. The van der Waals surface area contributed by atoms with Gasteiger partial charge in [-0.2, -0.15) is 0 Å². The highest BCUT2D eigenvalue weighted by Gasteiger charge is 2.13. The maximum absolute atomic E-state index is 11.6. The minimum atomic E-state index is -0.315. The van der Waals surface area contributed by atoms with E-state index in [0.29, 0.717) is 18.0 Å². The van der Waals surface area contributed by atoms with Gasteiger partial charge < -0.3 is 9.30 Å². The summed E-state index contributed by atoms with van der Waals surface area (Å²) in [6.07, 6.45) is 3.44. The molecule has 0 aromatic carbocycles. The van der Waals surface area contributed by atoms with Gasteiger partial charge in [-0.25, -0.2) is 14.8 Å². The number of carbonyl (C=O) groups excluding carboxylic acids is 1. The predicted octanol–water partition coefficient (Wildman–Crippen LogP) is 1.97.